The summed E-state index contributed by atoms with van der Waals surface area (Å²) in [6.07, 6.45) is -0.407. The average molecular weight is 369 g/mol. The van der Waals surface area contributed by atoms with Gasteiger partial charge < -0.3 is 14.8 Å². The molecule has 0 aliphatic heterocycles. The normalized spacial score (nSPS) is 13.0. The molecule has 1 aromatic rings. The molecule has 0 unspecified atom stereocenters. The molecule has 0 aromatic heterocycles. The molecule has 0 spiro atoms. The lowest BCUT2D eigenvalue weighted by atomic mass is 10.1. The summed E-state index contributed by atoms with van der Waals surface area (Å²) in [6, 6.07) is 8.42. The lowest BCUT2D eigenvalue weighted by molar-refractivity contribution is -0.902. The molecule has 6 nitrogen and oxygen atoms in total. The van der Waals surface area contributed by atoms with E-state index in [1.807, 2.05) is 30.3 Å². The van der Waals surface area contributed by atoms with E-state index in [0.29, 0.717) is 6.54 Å². The van der Waals surface area contributed by atoms with E-state index in [0.717, 1.165) is 5.56 Å². The van der Waals surface area contributed by atoms with Crippen LogP contribution in [0.15, 0.2) is 30.3 Å². The van der Waals surface area contributed by atoms with Crippen molar-refractivity contribution in [2.24, 2.45) is 0 Å². The van der Waals surface area contributed by atoms with E-state index in [-0.39, 0.29) is 17.5 Å². The van der Waals surface area contributed by atoms with Crippen molar-refractivity contribution in [1.82, 2.24) is 5.32 Å². The summed E-state index contributed by atoms with van der Waals surface area (Å²) in [4.78, 5) is 24.5. The van der Waals surface area contributed by atoms with Crippen molar-refractivity contribution >= 4 is 12.1 Å². The van der Waals surface area contributed by atoms with Crippen molar-refractivity contribution in [2.75, 3.05) is 34.0 Å². The first kappa shape index (κ1) is 21.9. The highest BCUT2D eigenvalue weighted by molar-refractivity contribution is 5.81. The van der Waals surface area contributed by atoms with Crippen LogP contribution in [0.3, 0.4) is 0 Å². The fourth-order valence-electron chi connectivity index (χ4n) is 2.05. The van der Waals surface area contributed by atoms with Gasteiger partial charge in [-0.25, -0.2) is 9.59 Å². The SMILES string of the molecule is CC(C)(C)OC(=O)N[C@@H](Cc1ccccc1)C(=O)OCC[N+](C)(C)CF. The Morgan fingerprint density at radius 2 is 1.81 bits per heavy atom. The Morgan fingerprint density at radius 1 is 1.19 bits per heavy atom. The van der Waals surface area contributed by atoms with Crippen LogP contribution in [0.2, 0.25) is 0 Å². The number of carbonyl (C=O) groups excluding carboxylic acids is 2. The molecule has 0 radical (unpaired) electrons. The van der Waals surface area contributed by atoms with Crippen LogP contribution in [0.5, 0.6) is 0 Å². The molecule has 1 N–H and O–H groups in total. The molecule has 26 heavy (non-hydrogen) atoms. The van der Waals surface area contributed by atoms with E-state index in [4.69, 9.17) is 9.47 Å². The Balaban J connectivity index is 2.73. The highest BCUT2D eigenvalue weighted by atomic mass is 19.1. The average Bonchev–Trinajstić information content (AvgIpc) is 2.53. The molecular weight excluding hydrogens is 339 g/mol. The Hall–Kier alpha value is -2.15. The minimum absolute atomic E-state index is 0.0665. The fourth-order valence-corrected chi connectivity index (χ4v) is 2.05. The minimum Gasteiger partial charge on any atom is -0.458 e. The summed E-state index contributed by atoms with van der Waals surface area (Å²) in [5.41, 5.74) is 0.207. The van der Waals surface area contributed by atoms with Gasteiger partial charge in [0.2, 0.25) is 6.80 Å². The van der Waals surface area contributed by atoms with Crippen molar-refractivity contribution in [1.29, 1.82) is 0 Å². The maximum absolute atomic E-state index is 12.8. The van der Waals surface area contributed by atoms with E-state index in [9.17, 15) is 14.0 Å². The Bertz CT molecular complexity index is 585. The standard InChI is InChI=1S/C19H29FN2O4/c1-19(2,3)26-18(24)21-16(13-15-9-7-6-8-10-15)17(23)25-12-11-22(4,5)14-20/h6-10,16H,11-14H2,1-5H3/p+1/t16-/m0/s1. The molecule has 0 heterocycles. The molecule has 0 aliphatic rings. The molecule has 1 rings (SSSR count). The van der Waals surface area contributed by atoms with Gasteiger partial charge in [-0.15, -0.1) is 0 Å². The number of hydrogen-bond acceptors (Lipinski definition) is 4. The van der Waals surface area contributed by atoms with Gasteiger partial charge in [-0.05, 0) is 26.3 Å². The first-order valence-electron chi connectivity index (χ1n) is 8.60. The van der Waals surface area contributed by atoms with Crippen molar-refractivity contribution in [2.45, 2.75) is 38.8 Å². The monoisotopic (exact) mass is 369 g/mol. The van der Waals surface area contributed by atoms with Crippen LogP contribution in [-0.2, 0) is 20.7 Å². The number of nitrogens with zero attached hydrogens (tertiary/aromatic N) is 1. The van der Waals surface area contributed by atoms with Gasteiger partial charge in [0.1, 0.15) is 24.8 Å². The third kappa shape index (κ3) is 8.80. The number of amides is 1. The predicted octanol–water partition coefficient (Wildman–Crippen LogP) is 2.67. The minimum atomic E-state index is -0.881. The highest BCUT2D eigenvalue weighted by Gasteiger charge is 2.26. The van der Waals surface area contributed by atoms with Crippen LogP contribution in [0.1, 0.15) is 26.3 Å². The van der Waals surface area contributed by atoms with Crippen LogP contribution in [0.25, 0.3) is 0 Å². The van der Waals surface area contributed by atoms with Gasteiger partial charge in [0.15, 0.2) is 0 Å². The molecule has 1 amide bonds. The third-order valence-corrected chi connectivity index (χ3v) is 3.52. The van der Waals surface area contributed by atoms with Crippen LogP contribution in [0, 0.1) is 0 Å². The van der Waals surface area contributed by atoms with Crippen molar-refractivity contribution < 1.29 is 27.9 Å². The number of carbonyl (C=O) groups is 2. The second kappa shape index (κ2) is 9.52. The lowest BCUT2D eigenvalue weighted by Gasteiger charge is -2.26. The molecule has 7 heteroatoms. The van der Waals surface area contributed by atoms with Crippen molar-refractivity contribution in [3.63, 3.8) is 0 Å². The third-order valence-electron chi connectivity index (χ3n) is 3.52. The zero-order valence-corrected chi connectivity index (χ0v) is 16.3. The summed E-state index contributed by atoms with van der Waals surface area (Å²) in [5.74, 6) is -0.571. The number of likely N-dealkylation sites (N-methyl/N-ethyl adjacent to an activating group) is 1. The van der Waals surface area contributed by atoms with Gasteiger partial charge in [-0.1, -0.05) is 30.3 Å². The van der Waals surface area contributed by atoms with Gasteiger partial charge in [-0.3, -0.25) is 4.48 Å². The van der Waals surface area contributed by atoms with Crippen molar-refractivity contribution in [3.05, 3.63) is 35.9 Å². The number of alkyl halides is 1. The Morgan fingerprint density at radius 3 is 2.35 bits per heavy atom. The Kier molecular flexibility index (Phi) is 8.02. The van der Waals surface area contributed by atoms with Gasteiger partial charge in [0, 0.05) is 6.42 Å². The number of esters is 1. The Labute approximate surface area is 154 Å². The van der Waals surface area contributed by atoms with Gasteiger partial charge in [0.05, 0.1) is 14.1 Å². The molecular formula is C19H30FN2O4+. The maximum Gasteiger partial charge on any atom is 0.408 e. The van der Waals surface area contributed by atoms with Crippen LogP contribution < -0.4 is 5.32 Å². The fraction of sp³-hybridized carbons (Fsp3) is 0.579. The number of quaternary nitrogens is 1. The number of nitrogens with one attached hydrogen (secondary N) is 1. The highest BCUT2D eigenvalue weighted by Crippen LogP contribution is 2.09. The van der Waals surface area contributed by atoms with E-state index >= 15 is 0 Å². The molecule has 0 bridgehead atoms. The molecule has 1 aromatic carbocycles. The first-order valence-corrected chi connectivity index (χ1v) is 8.60. The largest absolute Gasteiger partial charge is 0.458 e. The van der Waals surface area contributed by atoms with E-state index in [2.05, 4.69) is 5.32 Å². The molecule has 1 atom stereocenters. The number of hydrogen-bond donors (Lipinski definition) is 1. The van der Waals surface area contributed by atoms with Crippen LogP contribution >= 0.6 is 0 Å². The first-order chi connectivity index (χ1) is 12.0. The van der Waals surface area contributed by atoms with Crippen molar-refractivity contribution in [3.8, 4) is 0 Å². The lowest BCUT2D eigenvalue weighted by Crippen LogP contribution is -2.47. The molecule has 0 aliphatic carbocycles. The number of ether oxygens (including phenoxy) is 2. The number of halogens is 1. The summed E-state index contributed by atoms with van der Waals surface area (Å²) in [7, 11) is 3.41. The van der Waals surface area contributed by atoms with Crippen LogP contribution in [0.4, 0.5) is 9.18 Å². The topological polar surface area (TPSA) is 64.6 Å². The summed E-state index contributed by atoms with van der Waals surface area (Å²) >= 11 is 0. The smallest absolute Gasteiger partial charge is 0.408 e. The van der Waals surface area contributed by atoms with E-state index in [1.54, 1.807) is 34.9 Å². The predicted molar refractivity (Wildman–Crippen MR) is 97.2 cm³/mol. The quantitative estimate of drug-likeness (QED) is 0.435. The van der Waals surface area contributed by atoms with Gasteiger partial charge in [0.25, 0.3) is 0 Å². The number of rotatable bonds is 8. The number of benzene rings is 1. The second-order valence-corrected chi connectivity index (χ2v) is 7.83. The molecule has 0 fully saturated rings. The summed E-state index contributed by atoms with van der Waals surface area (Å²) < 4.78 is 23.4. The van der Waals surface area contributed by atoms with Gasteiger partial charge >= 0.3 is 12.1 Å². The zero-order valence-electron chi connectivity index (χ0n) is 16.3. The van der Waals surface area contributed by atoms with Crippen LogP contribution in [-0.4, -0.2) is 62.2 Å². The zero-order chi connectivity index (χ0) is 19.8. The van der Waals surface area contributed by atoms with Gasteiger partial charge in [-0.2, -0.15) is 4.39 Å². The molecule has 0 saturated carbocycles. The summed E-state index contributed by atoms with van der Waals surface area (Å²) in [5, 5.41) is 2.57. The van der Waals surface area contributed by atoms with E-state index in [1.165, 1.54) is 0 Å². The molecule has 0 saturated heterocycles. The second-order valence-electron chi connectivity index (χ2n) is 7.83. The summed E-state index contributed by atoms with van der Waals surface area (Å²) in [6.45, 7) is 5.08. The van der Waals surface area contributed by atoms with E-state index < -0.39 is 30.5 Å². The maximum atomic E-state index is 12.8. The molecule has 146 valence electrons. The number of alkyl carbamates (subject to hydrolysis) is 1.